The Morgan fingerprint density at radius 1 is 1.06 bits per heavy atom. The molecule has 9 nitrogen and oxygen atoms in total. The van der Waals surface area contributed by atoms with Gasteiger partial charge in [-0.2, -0.15) is 0 Å². The summed E-state index contributed by atoms with van der Waals surface area (Å²) in [6, 6.07) is 12.0. The highest BCUT2D eigenvalue weighted by Crippen LogP contribution is 2.16. The Kier molecular flexibility index (Phi) is 8.89. The van der Waals surface area contributed by atoms with Gasteiger partial charge in [0.05, 0.1) is 17.3 Å². The summed E-state index contributed by atoms with van der Waals surface area (Å²) in [5.74, 6) is -0.702. The van der Waals surface area contributed by atoms with Crippen LogP contribution in [0.15, 0.2) is 66.1 Å². The van der Waals surface area contributed by atoms with Gasteiger partial charge in [-0.25, -0.2) is 26.3 Å². The molecule has 0 heterocycles. The van der Waals surface area contributed by atoms with Crippen LogP contribution < -0.4 is 14.8 Å². The molecule has 0 spiro atoms. The van der Waals surface area contributed by atoms with Crippen LogP contribution in [0.3, 0.4) is 0 Å². The second-order valence-corrected chi connectivity index (χ2v) is 10.0. The Hall–Kier alpha value is -2.57. The van der Waals surface area contributed by atoms with Gasteiger partial charge in [0, 0.05) is 31.5 Å². The van der Waals surface area contributed by atoms with Crippen LogP contribution in [0.5, 0.6) is 0 Å². The predicted octanol–water partition coefficient (Wildman–Crippen LogP) is 1.47. The lowest BCUT2D eigenvalue weighted by Crippen LogP contribution is -2.27. The largest absolute Gasteiger partial charge is 0.383 e. The minimum Gasteiger partial charge on any atom is -0.383 e. The molecule has 0 radical (unpaired) electrons. The number of methoxy groups -OCH3 is 1. The van der Waals surface area contributed by atoms with Crippen molar-refractivity contribution in [3.63, 3.8) is 0 Å². The van der Waals surface area contributed by atoms with Crippen LogP contribution >= 0.6 is 0 Å². The predicted molar refractivity (Wildman–Crippen MR) is 119 cm³/mol. The van der Waals surface area contributed by atoms with Crippen LogP contribution in [-0.2, 0) is 30.5 Å². The van der Waals surface area contributed by atoms with Crippen molar-refractivity contribution in [1.82, 2.24) is 9.44 Å². The molecular formula is C20H25N3O6S2. The van der Waals surface area contributed by atoms with Gasteiger partial charge in [0.1, 0.15) is 0 Å². The van der Waals surface area contributed by atoms with E-state index in [9.17, 15) is 21.6 Å². The summed E-state index contributed by atoms with van der Waals surface area (Å²) in [6.07, 6.45) is 1.45. The third-order valence-corrected chi connectivity index (χ3v) is 6.80. The van der Waals surface area contributed by atoms with E-state index in [0.29, 0.717) is 11.3 Å². The van der Waals surface area contributed by atoms with Gasteiger partial charge in [-0.15, -0.1) is 6.58 Å². The first-order valence-electron chi connectivity index (χ1n) is 9.24. The minimum absolute atomic E-state index is 0.0381. The number of rotatable bonds is 12. The number of sulfonamides is 2. The highest BCUT2D eigenvalue weighted by atomic mass is 32.2. The molecule has 11 heteroatoms. The van der Waals surface area contributed by atoms with Gasteiger partial charge in [-0.1, -0.05) is 24.3 Å². The molecule has 3 N–H and O–H groups in total. The zero-order valence-corrected chi connectivity index (χ0v) is 18.6. The van der Waals surface area contributed by atoms with Gasteiger partial charge in [0.2, 0.25) is 20.0 Å². The van der Waals surface area contributed by atoms with Gasteiger partial charge < -0.3 is 10.1 Å². The van der Waals surface area contributed by atoms with Gasteiger partial charge in [0.25, 0.3) is 5.91 Å². The fourth-order valence-corrected chi connectivity index (χ4v) is 4.67. The van der Waals surface area contributed by atoms with E-state index in [1.165, 1.54) is 37.5 Å². The van der Waals surface area contributed by atoms with E-state index in [2.05, 4.69) is 21.3 Å². The number of nitrogens with one attached hydrogen (secondary N) is 3. The van der Waals surface area contributed by atoms with Crippen molar-refractivity contribution in [2.75, 3.05) is 32.1 Å². The Labute approximate surface area is 182 Å². The van der Waals surface area contributed by atoms with E-state index in [0.717, 1.165) is 0 Å². The monoisotopic (exact) mass is 467 g/mol. The summed E-state index contributed by atoms with van der Waals surface area (Å²) in [4.78, 5) is 12.5. The van der Waals surface area contributed by atoms with Crippen molar-refractivity contribution in [2.24, 2.45) is 0 Å². The van der Waals surface area contributed by atoms with Crippen LogP contribution in [0.4, 0.5) is 5.69 Å². The maximum absolute atomic E-state index is 12.5. The molecule has 2 aromatic rings. The highest BCUT2D eigenvalue weighted by Gasteiger charge is 2.16. The summed E-state index contributed by atoms with van der Waals surface area (Å²) >= 11 is 0. The van der Waals surface area contributed by atoms with Crippen molar-refractivity contribution in [1.29, 1.82) is 0 Å². The molecule has 0 aromatic heterocycles. The van der Waals surface area contributed by atoms with Gasteiger partial charge in [0.15, 0.2) is 0 Å². The maximum Gasteiger partial charge on any atom is 0.255 e. The van der Waals surface area contributed by atoms with Crippen LogP contribution in [0, 0.1) is 0 Å². The van der Waals surface area contributed by atoms with Gasteiger partial charge in [-0.05, 0) is 35.9 Å². The molecule has 0 fully saturated rings. The average molecular weight is 468 g/mol. The first kappa shape index (κ1) is 24.7. The summed E-state index contributed by atoms with van der Waals surface area (Å²) in [5, 5.41) is 2.66. The van der Waals surface area contributed by atoms with Gasteiger partial charge in [-0.3, -0.25) is 4.79 Å². The van der Waals surface area contributed by atoms with E-state index in [4.69, 9.17) is 4.74 Å². The van der Waals surface area contributed by atoms with Crippen molar-refractivity contribution in [3.8, 4) is 0 Å². The molecule has 0 atom stereocenters. The van der Waals surface area contributed by atoms with E-state index >= 15 is 0 Å². The lowest BCUT2D eigenvalue weighted by molar-refractivity contribution is 0.102. The number of hydrogen-bond donors (Lipinski definition) is 3. The molecule has 2 aromatic carbocycles. The fraction of sp³-hybridized carbons (Fsp3) is 0.250. The second-order valence-electron chi connectivity index (χ2n) is 6.47. The number of benzene rings is 2. The van der Waals surface area contributed by atoms with Crippen LogP contribution in [0.2, 0.25) is 0 Å². The minimum atomic E-state index is -3.77. The van der Waals surface area contributed by atoms with Crippen LogP contribution in [-0.4, -0.2) is 49.5 Å². The standard InChI is InChI=1S/C20H25N3O6S2/c1-3-11-21-30(25,26)15-16-7-9-18(10-8-16)23-20(24)17-5-4-6-19(14-17)31(27,28)22-12-13-29-2/h3-10,14,21-22H,1,11-13,15H2,2H3,(H,23,24). The fourth-order valence-electron chi connectivity index (χ4n) is 2.51. The summed E-state index contributed by atoms with van der Waals surface area (Å²) in [7, 11) is -5.79. The Morgan fingerprint density at radius 3 is 2.42 bits per heavy atom. The van der Waals surface area contributed by atoms with Crippen molar-refractivity contribution < 1.29 is 26.4 Å². The average Bonchev–Trinajstić information content (AvgIpc) is 2.74. The molecule has 2 rings (SSSR count). The lowest BCUT2D eigenvalue weighted by atomic mass is 10.2. The molecule has 0 aliphatic rings. The summed E-state index contributed by atoms with van der Waals surface area (Å²) in [6.45, 7) is 3.94. The molecule has 168 valence electrons. The topological polar surface area (TPSA) is 131 Å². The Morgan fingerprint density at radius 2 is 1.77 bits per heavy atom. The molecule has 0 aliphatic heterocycles. The van der Waals surface area contributed by atoms with Crippen molar-refractivity contribution in [3.05, 3.63) is 72.3 Å². The van der Waals surface area contributed by atoms with Crippen LogP contribution in [0.25, 0.3) is 0 Å². The second kappa shape index (κ2) is 11.2. The smallest absolute Gasteiger partial charge is 0.255 e. The van der Waals surface area contributed by atoms with Crippen LogP contribution in [0.1, 0.15) is 15.9 Å². The van der Waals surface area contributed by atoms with Gasteiger partial charge >= 0.3 is 0 Å². The Balaban J connectivity index is 2.06. The van der Waals surface area contributed by atoms with Crippen molar-refractivity contribution in [2.45, 2.75) is 10.6 Å². The van der Waals surface area contributed by atoms with Crippen molar-refractivity contribution >= 4 is 31.6 Å². The highest BCUT2D eigenvalue weighted by molar-refractivity contribution is 7.89. The normalized spacial score (nSPS) is 11.8. The molecule has 0 bridgehead atoms. The van der Waals surface area contributed by atoms with E-state index in [-0.39, 0.29) is 35.9 Å². The molecular weight excluding hydrogens is 442 g/mol. The first-order chi connectivity index (χ1) is 14.7. The number of hydrogen-bond acceptors (Lipinski definition) is 6. The van der Waals surface area contributed by atoms with E-state index in [1.54, 1.807) is 24.3 Å². The molecule has 0 unspecified atom stereocenters. The lowest BCUT2D eigenvalue weighted by Gasteiger charge is -2.10. The zero-order chi connectivity index (χ0) is 22.9. The quantitative estimate of drug-likeness (QED) is 0.320. The molecule has 31 heavy (non-hydrogen) atoms. The third kappa shape index (κ3) is 7.89. The number of amides is 1. The molecule has 0 saturated heterocycles. The number of ether oxygens (including phenoxy) is 1. The number of carbonyl (C=O) groups excluding carboxylic acids is 1. The van der Waals surface area contributed by atoms with E-state index < -0.39 is 26.0 Å². The number of anilines is 1. The molecule has 0 saturated carbocycles. The summed E-state index contributed by atoms with van der Waals surface area (Å²) < 4.78 is 58.0. The maximum atomic E-state index is 12.5. The molecule has 0 aliphatic carbocycles. The summed E-state index contributed by atoms with van der Waals surface area (Å²) in [5.41, 5.74) is 1.15. The zero-order valence-electron chi connectivity index (χ0n) is 17.0. The first-order valence-corrected chi connectivity index (χ1v) is 12.4. The SMILES string of the molecule is C=CCNS(=O)(=O)Cc1ccc(NC(=O)c2cccc(S(=O)(=O)NCCOC)c2)cc1. The number of carbonyl (C=O) groups is 1. The third-order valence-electron chi connectivity index (χ3n) is 4.02. The molecule has 1 amide bonds. The van der Waals surface area contributed by atoms with E-state index in [1.807, 2.05) is 0 Å². The Bertz CT molecular complexity index is 1110.